The Balaban J connectivity index is 1.13. The highest BCUT2D eigenvalue weighted by atomic mass is 16.3. The van der Waals surface area contributed by atoms with Gasteiger partial charge in [-0.3, -0.25) is 4.98 Å². The molecule has 0 saturated carbocycles. The molecular weight excluding hydrogens is 641 g/mol. The van der Waals surface area contributed by atoms with E-state index in [9.17, 15) is 0 Å². The van der Waals surface area contributed by atoms with Crippen molar-refractivity contribution in [3.63, 3.8) is 0 Å². The molecule has 0 radical (unpaired) electrons. The molecule has 3 aromatic heterocycles. The second-order valence-electron chi connectivity index (χ2n) is 13.2. The molecule has 1 atom stereocenters. The molecule has 0 spiro atoms. The number of aliphatic imine (C=N–C) groups is 2. The van der Waals surface area contributed by atoms with Crippen molar-refractivity contribution in [3.05, 3.63) is 175 Å². The Morgan fingerprint density at radius 2 is 1.12 bits per heavy atom. The number of pyridine rings is 1. The molecule has 1 N–H and O–H groups in total. The van der Waals surface area contributed by atoms with Crippen LogP contribution in [-0.4, -0.2) is 16.7 Å². The monoisotopic (exact) mass is 668 g/mol. The SMILES string of the molecule is c1ccc2cc(C3N=C(c4cccc5oc6ccccc6c45)N=C(c4cccc5c(-c6cccc7oc8ccncc8c67)cccc45)N3)ccc2c1. The number of aromatic nitrogens is 1. The van der Waals surface area contributed by atoms with Crippen molar-refractivity contribution in [1.82, 2.24) is 10.3 Å². The van der Waals surface area contributed by atoms with Gasteiger partial charge in [-0.1, -0.05) is 115 Å². The Kier molecular flexibility index (Phi) is 6.21. The molecule has 6 heteroatoms. The highest BCUT2D eigenvalue weighted by Gasteiger charge is 2.25. The number of nitrogens with zero attached hydrogens (tertiary/aromatic N) is 3. The van der Waals surface area contributed by atoms with Crippen molar-refractivity contribution >= 4 is 77.1 Å². The van der Waals surface area contributed by atoms with E-state index >= 15 is 0 Å². The topological polar surface area (TPSA) is 75.9 Å². The number of furan rings is 2. The second-order valence-corrected chi connectivity index (χ2v) is 13.2. The molecule has 7 aromatic carbocycles. The number of hydrogen-bond acceptors (Lipinski definition) is 6. The predicted octanol–water partition coefficient (Wildman–Crippen LogP) is 11.3. The van der Waals surface area contributed by atoms with Crippen LogP contribution in [-0.2, 0) is 0 Å². The van der Waals surface area contributed by atoms with E-state index in [0.717, 1.165) is 93.7 Å². The summed E-state index contributed by atoms with van der Waals surface area (Å²) in [6.45, 7) is 0. The van der Waals surface area contributed by atoms with E-state index in [2.05, 4.69) is 113 Å². The summed E-state index contributed by atoms with van der Waals surface area (Å²) in [4.78, 5) is 15.0. The van der Waals surface area contributed by atoms with Gasteiger partial charge in [-0.2, -0.15) is 0 Å². The van der Waals surface area contributed by atoms with Crippen molar-refractivity contribution in [2.24, 2.45) is 9.98 Å². The predicted molar refractivity (Wildman–Crippen MR) is 211 cm³/mol. The van der Waals surface area contributed by atoms with Crippen LogP contribution in [0.1, 0.15) is 22.9 Å². The molecule has 0 aliphatic carbocycles. The summed E-state index contributed by atoms with van der Waals surface area (Å²) in [6.07, 6.45) is 3.28. The lowest BCUT2D eigenvalue weighted by molar-refractivity contribution is 0.668. The Hall–Kier alpha value is -7.05. The Bertz CT molecular complexity index is 3130. The number of para-hydroxylation sites is 1. The van der Waals surface area contributed by atoms with Gasteiger partial charge in [0, 0.05) is 45.1 Å². The summed E-state index contributed by atoms with van der Waals surface area (Å²) in [5.74, 6) is 1.41. The van der Waals surface area contributed by atoms with Crippen LogP contribution in [0, 0.1) is 0 Å². The standard InChI is InChI=1S/C46H28N4O2/c1-2-10-28-25-29(22-21-27(28)9-1)44-48-45(50-46(49-44)36-17-8-20-41-43(36)35-11-3-4-18-38(35)51-41)34-16-6-12-30-31(13-5-14-32(30)34)33-15-7-19-40-42(33)37-26-47-24-23-39(37)52-40/h1-26,44H,(H,48,49,50). The Labute approximate surface area is 297 Å². The molecule has 52 heavy (non-hydrogen) atoms. The zero-order chi connectivity index (χ0) is 34.2. The largest absolute Gasteiger partial charge is 0.456 e. The molecule has 0 bridgehead atoms. The number of fused-ring (bicyclic) bond motifs is 8. The van der Waals surface area contributed by atoms with Gasteiger partial charge in [-0.05, 0) is 68.6 Å². The van der Waals surface area contributed by atoms with Crippen molar-refractivity contribution in [1.29, 1.82) is 0 Å². The van der Waals surface area contributed by atoms with Gasteiger partial charge in [0.15, 0.2) is 5.84 Å². The summed E-state index contributed by atoms with van der Waals surface area (Å²) in [5, 5.41) is 12.4. The summed E-state index contributed by atoms with van der Waals surface area (Å²) in [7, 11) is 0. The van der Waals surface area contributed by atoms with Crippen LogP contribution in [0.5, 0.6) is 0 Å². The number of benzene rings is 7. The van der Waals surface area contributed by atoms with Crippen LogP contribution in [0.3, 0.4) is 0 Å². The minimum Gasteiger partial charge on any atom is -0.456 e. The van der Waals surface area contributed by atoms with Crippen LogP contribution in [0.2, 0.25) is 0 Å². The second kappa shape index (κ2) is 11.2. The summed E-state index contributed by atoms with van der Waals surface area (Å²) in [5.41, 5.74) is 8.51. The summed E-state index contributed by atoms with van der Waals surface area (Å²) in [6, 6.07) is 50.3. The van der Waals surface area contributed by atoms with Gasteiger partial charge < -0.3 is 14.2 Å². The first kappa shape index (κ1) is 28.8. The van der Waals surface area contributed by atoms with E-state index in [0.29, 0.717) is 5.84 Å². The number of nitrogens with one attached hydrogen (secondary N) is 1. The molecule has 1 aliphatic rings. The van der Waals surface area contributed by atoms with Gasteiger partial charge in [-0.25, -0.2) is 9.98 Å². The lowest BCUT2D eigenvalue weighted by Gasteiger charge is -2.25. The molecule has 0 amide bonds. The lowest BCUT2D eigenvalue weighted by atomic mass is 9.92. The molecule has 6 nitrogen and oxygen atoms in total. The van der Waals surface area contributed by atoms with Crippen LogP contribution in [0.25, 0.3) is 76.5 Å². The van der Waals surface area contributed by atoms with E-state index in [1.807, 2.05) is 48.7 Å². The number of hydrogen-bond donors (Lipinski definition) is 1. The van der Waals surface area contributed by atoms with E-state index in [-0.39, 0.29) is 6.17 Å². The molecular formula is C46H28N4O2. The molecule has 4 heterocycles. The third kappa shape index (κ3) is 4.41. The fourth-order valence-corrected chi connectivity index (χ4v) is 7.86. The van der Waals surface area contributed by atoms with Gasteiger partial charge >= 0.3 is 0 Å². The van der Waals surface area contributed by atoms with Crippen LogP contribution < -0.4 is 5.32 Å². The van der Waals surface area contributed by atoms with E-state index in [1.165, 1.54) is 5.39 Å². The van der Waals surface area contributed by atoms with Crippen LogP contribution in [0.4, 0.5) is 0 Å². The highest BCUT2D eigenvalue weighted by Crippen LogP contribution is 2.40. The third-order valence-electron chi connectivity index (χ3n) is 10.2. The molecule has 0 fully saturated rings. The average Bonchev–Trinajstić information content (AvgIpc) is 3.79. The normalized spacial score (nSPS) is 14.7. The first-order valence-electron chi connectivity index (χ1n) is 17.4. The van der Waals surface area contributed by atoms with Crippen molar-refractivity contribution in [3.8, 4) is 11.1 Å². The molecule has 244 valence electrons. The number of rotatable bonds is 4. The minimum atomic E-state index is -0.377. The van der Waals surface area contributed by atoms with E-state index in [1.54, 1.807) is 6.20 Å². The molecule has 1 unspecified atom stereocenters. The van der Waals surface area contributed by atoms with E-state index in [4.69, 9.17) is 18.8 Å². The maximum atomic E-state index is 6.29. The maximum absolute atomic E-state index is 6.29. The summed E-state index contributed by atoms with van der Waals surface area (Å²) >= 11 is 0. The zero-order valence-corrected chi connectivity index (χ0v) is 27.7. The Morgan fingerprint density at radius 1 is 0.481 bits per heavy atom. The molecule has 1 aliphatic heterocycles. The van der Waals surface area contributed by atoms with Crippen LogP contribution in [0.15, 0.2) is 177 Å². The molecule has 0 saturated heterocycles. The fraction of sp³-hybridized carbons (Fsp3) is 0.0217. The van der Waals surface area contributed by atoms with Gasteiger partial charge in [0.25, 0.3) is 0 Å². The average molecular weight is 669 g/mol. The lowest BCUT2D eigenvalue weighted by Crippen LogP contribution is -2.33. The van der Waals surface area contributed by atoms with E-state index < -0.39 is 0 Å². The van der Waals surface area contributed by atoms with Crippen molar-refractivity contribution in [2.45, 2.75) is 6.17 Å². The van der Waals surface area contributed by atoms with Crippen molar-refractivity contribution < 1.29 is 8.83 Å². The maximum Gasteiger partial charge on any atom is 0.160 e. The fourth-order valence-electron chi connectivity index (χ4n) is 7.86. The van der Waals surface area contributed by atoms with Gasteiger partial charge in [0.2, 0.25) is 0 Å². The zero-order valence-electron chi connectivity index (χ0n) is 27.7. The Morgan fingerprint density at radius 3 is 1.98 bits per heavy atom. The first-order chi connectivity index (χ1) is 25.8. The number of amidine groups is 2. The molecule has 11 rings (SSSR count). The van der Waals surface area contributed by atoms with Crippen molar-refractivity contribution in [2.75, 3.05) is 0 Å². The summed E-state index contributed by atoms with van der Waals surface area (Å²) < 4.78 is 12.5. The smallest absolute Gasteiger partial charge is 0.160 e. The first-order valence-corrected chi connectivity index (χ1v) is 17.4. The quantitative estimate of drug-likeness (QED) is 0.202. The third-order valence-corrected chi connectivity index (χ3v) is 10.2. The molecule has 10 aromatic rings. The van der Waals surface area contributed by atoms with Gasteiger partial charge in [-0.15, -0.1) is 0 Å². The van der Waals surface area contributed by atoms with Gasteiger partial charge in [0.05, 0.1) is 0 Å². The van der Waals surface area contributed by atoms with Gasteiger partial charge in [0.1, 0.15) is 34.3 Å². The highest BCUT2D eigenvalue weighted by molar-refractivity contribution is 6.24. The minimum absolute atomic E-state index is 0.377. The van der Waals surface area contributed by atoms with Crippen LogP contribution >= 0.6 is 0 Å².